The van der Waals surface area contributed by atoms with Gasteiger partial charge in [-0.05, 0) is 96.6 Å². The molecule has 0 N–H and O–H groups in total. The first-order valence-electron chi connectivity index (χ1n) is 12.0. The van der Waals surface area contributed by atoms with E-state index in [1.54, 1.807) is 5.56 Å². The maximum absolute atomic E-state index is 2.51. The maximum atomic E-state index is 2.51. The van der Waals surface area contributed by atoms with Crippen LogP contribution in [0.1, 0.15) is 80.0 Å². The van der Waals surface area contributed by atoms with E-state index in [4.69, 9.17) is 0 Å². The second-order valence-corrected chi connectivity index (χ2v) is 10.4. The molecule has 2 aromatic carbocycles. The van der Waals surface area contributed by atoms with Crippen molar-refractivity contribution in [2.45, 2.75) is 71.6 Å². The van der Waals surface area contributed by atoms with E-state index in [1.165, 1.54) is 70.8 Å². The molecule has 3 aliphatic carbocycles. The molecule has 0 spiro atoms. The predicted molar refractivity (Wildman–Crippen MR) is 127 cm³/mol. The van der Waals surface area contributed by atoms with Gasteiger partial charge in [-0.25, -0.2) is 4.57 Å². The van der Waals surface area contributed by atoms with Crippen molar-refractivity contribution in [3.05, 3.63) is 64.8 Å². The van der Waals surface area contributed by atoms with Crippen molar-refractivity contribution in [1.29, 1.82) is 0 Å². The van der Waals surface area contributed by atoms with Gasteiger partial charge in [0, 0.05) is 6.07 Å². The van der Waals surface area contributed by atoms with Crippen molar-refractivity contribution in [3.63, 3.8) is 0 Å². The van der Waals surface area contributed by atoms with Gasteiger partial charge in [-0.15, -0.1) is 0 Å². The van der Waals surface area contributed by atoms with Gasteiger partial charge in [-0.3, -0.25) is 0 Å². The average molecular weight is 399 g/mol. The summed E-state index contributed by atoms with van der Waals surface area (Å²) in [6.45, 7) is 9.12. The summed E-state index contributed by atoms with van der Waals surface area (Å²) in [5.41, 5.74) is 8.54. The van der Waals surface area contributed by atoms with Crippen molar-refractivity contribution in [1.82, 2.24) is 0 Å². The van der Waals surface area contributed by atoms with Crippen LogP contribution in [0.4, 0.5) is 0 Å². The van der Waals surface area contributed by atoms with Gasteiger partial charge in [0.25, 0.3) is 0 Å². The van der Waals surface area contributed by atoms with Gasteiger partial charge in [0.15, 0.2) is 6.20 Å². The second-order valence-electron chi connectivity index (χ2n) is 10.4. The summed E-state index contributed by atoms with van der Waals surface area (Å²) in [6.07, 6.45) is 9.51. The summed E-state index contributed by atoms with van der Waals surface area (Å²) in [5, 5.41) is 2.78. The molecule has 1 unspecified atom stereocenters. The predicted octanol–water partition coefficient (Wildman–Crippen LogP) is 7.37. The van der Waals surface area contributed by atoms with E-state index in [2.05, 4.69) is 81.9 Å². The average Bonchev–Trinajstić information content (AvgIpc) is 2.76. The van der Waals surface area contributed by atoms with E-state index in [9.17, 15) is 0 Å². The molecule has 0 aliphatic heterocycles. The molecular formula is C29H36N+. The summed E-state index contributed by atoms with van der Waals surface area (Å²) < 4.78 is 2.32. The first kappa shape index (κ1) is 19.8. The van der Waals surface area contributed by atoms with Crippen LogP contribution in [0.5, 0.6) is 0 Å². The number of aromatic nitrogens is 1. The zero-order chi connectivity index (χ0) is 21.0. The van der Waals surface area contributed by atoms with Crippen LogP contribution in [-0.4, -0.2) is 0 Å². The van der Waals surface area contributed by atoms with Crippen molar-refractivity contribution < 1.29 is 4.57 Å². The largest absolute Gasteiger partial charge is 0.220 e. The topological polar surface area (TPSA) is 3.88 Å². The molecule has 3 aromatic rings. The van der Waals surface area contributed by atoms with Crippen molar-refractivity contribution in [3.8, 4) is 11.3 Å². The number of hydrogen-bond acceptors (Lipinski definition) is 0. The number of nitrogens with zero attached hydrogens (tertiary/aromatic N) is 1. The molecule has 1 heterocycles. The highest BCUT2D eigenvalue weighted by Gasteiger charge is 2.36. The Balaban J connectivity index is 1.64. The van der Waals surface area contributed by atoms with E-state index in [0.29, 0.717) is 5.92 Å². The molecular weight excluding hydrogens is 362 g/mol. The Bertz CT molecular complexity index is 1100. The lowest BCUT2D eigenvalue weighted by Crippen LogP contribution is -2.31. The number of rotatable bonds is 3. The van der Waals surface area contributed by atoms with Crippen molar-refractivity contribution >= 4 is 10.8 Å². The van der Waals surface area contributed by atoms with E-state index in [0.717, 1.165) is 17.8 Å². The molecule has 3 fully saturated rings. The van der Waals surface area contributed by atoms with E-state index >= 15 is 0 Å². The second kappa shape index (κ2) is 7.52. The summed E-state index contributed by atoms with van der Waals surface area (Å²) in [6, 6.07) is 14.5. The van der Waals surface area contributed by atoms with Crippen LogP contribution in [0, 0.1) is 25.7 Å². The van der Waals surface area contributed by atoms with E-state index in [-0.39, 0.29) is 0 Å². The number of fused-ring (bicyclic) bond motifs is 4. The van der Waals surface area contributed by atoms with Gasteiger partial charge in [-0.1, -0.05) is 44.9 Å². The Morgan fingerprint density at radius 1 is 0.933 bits per heavy atom. The van der Waals surface area contributed by atoms with Crippen LogP contribution in [0.25, 0.3) is 22.0 Å². The molecule has 3 aliphatic rings. The minimum absolute atomic E-state index is 0.539. The highest BCUT2D eigenvalue weighted by atomic mass is 14.9. The molecule has 30 heavy (non-hydrogen) atoms. The highest BCUT2D eigenvalue weighted by molar-refractivity contribution is 5.94. The standard InChI is InChI=1S/C29H36N/c1-18(2)25-14-19(3)20(4)27(17-25)29-26-11-10-23(16-24(26)12-13-30(29)5)28-15-21-6-8-22(28)9-7-21/h10-14,16-18,21-22,28H,6-9,15H2,1-5H3/q+1. The maximum Gasteiger partial charge on any atom is 0.220 e. The fourth-order valence-electron chi connectivity index (χ4n) is 6.21. The lowest BCUT2D eigenvalue weighted by molar-refractivity contribution is -0.659. The Kier molecular flexibility index (Phi) is 4.96. The summed E-state index contributed by atoms with van der Waals surface area (Å²) in [5.74, 6) is 3.22. The van der Waals surface area contributed by atoms with Crippen LogP contribution >= 0.6 is 0 Å². The van der Waals surface area contributed by atoms with Crippen LogP contribution in [-0.2, 0) is 7.05 Å². The lowest BCUT2D eigenvalue weighted by atomic mass is 9.63. The van der Waals surface area contributed by atoms with Gasteiger partial charge in [0.2, 0.25) is 5.69 Å². The first-order valence-corrected chi connectivity index (χ1v) is 12.0. The Labute approximate surface area is 182 Å². The number of aryl methyl sites for hydroxylation is 2. The molecule has 156 valence electrons. The minimum Gasteiger partial charge on any atom is -0.200 e. The monoisotopic (exact) mass is 398 g/mol. The number of pyridine rings is 1. The molecule has 1 aromatic heterocycles. The third kappa shape index (κ3) is 3.27. The molecule has 1 atom stereocenters. The summed E-state index contributed by atoms with van der Waals surface area (Å²) >= 11 is 0. The van der Waals surface area contributed by atoms with Gasteiger partial charge >= 0.3 is 0 Å². The third-order valence-electron chi connectivity index (χ3n) is 8.25. The third-order valence-corrected chi connectivity index (χ3v) is 8.25. The smallest absolute Gasteiger partial charge is 0.200 e. The number of hydrogen-bond donors (Lipinski definition) is 0. The molecule has 1 heteroatoms. The molecule has 6 rings (SSSR count). The zero-order valence-corrected chi connectivity index (χ0v) is 19.3. The highest BCUT2D eigenvalue weighted by Crippen LogP contribution is 2.50. The van der Waals surface area contributed by atoms with Crippen LogP contribution in [0.3, 0.4) is 0 Å². The van der Waals surface area contributed by atoms with Gasteiger partial charge in [0.1, 0.15) is 7.05 Å². The minimum atomic E-state index is 0.539. The Hall–Kier alpha value is -2.15. The summed E-state index contributed by atoms with van der Waals surface area (Å²) in [4.78, 5) is 0. The van der Waals surface area contributed by atoms with Gasteiger partial charge in [0.05, 0.1) is 10.9 Å². The molecule has 1 nitrogen and oxygen atoms in total. The zero-order valence-electron chi connectivity index (χ0n) is 19.3. The molecule has 0 saturated heterocycles. The number of benzene rings is 2. The fraction of sp³-hybridized carbons (Fsp3) is 0.483. The van der Waals surface area contributed by atoms with Crippen molar-refractivity contribution in [2.24, 2.45) is 18.9 Å². The normalized spacial score (nSPS) is 23.5. The van der Waals surface area contributed by atoms with Crippen LogP contribution in [0.15, 0.2) is 42.6 Å². The van der Waals surface area contributed by atoms with Gasteiger partial charge in [-0.2, -0.15) is 0 Å². The quantitative estimate of drug-likeness (QED) is 0.406. The first-order chi connectivity index (χ1) is 14.4. The molecule has 0 amide bonds. The molecule has 2 bridgehead atoms. The SMILES string of the molecule is Cc1cc(C(C)C)cc(-c2c3ccc(C4CC5CCC4CC5)cc3cc[n+]2C)c1C. The van der Waals surface area contributed by atoms with E-state index in [1.807, 2.05) is 0 Å². The van der Waals surface area contributed by atoms with Crippen molar-refractivity contribution in [2.75, 3.05) is 0 Å². The van der Waals surface area contributed by atoms with E-state index < -0.39 is 0 Å². The fourth-order valence-corrected chi connectivity index (χ4v) is 6.21. The van der Waals surface area contributed by atoms with Crippen LogP contribution in [0.2, 0.25) is 0 Å². The van der Waals surface area contributed by atoms with Gasteiger partial charge < -0.3 is 0 Å². The summed E-state index contributed by atoms with van der Waals surface area (Å²) in [7, 11) is 2.19. The Morgan fingerprint density at radius 2 is 1.70 bits per heavy atom. The Morgan fingerprint density at radius 3 is 2.37 bits per heavy atom. The molecule has 0 radical (unpaired) electrons. The molecule has 3 saturated carbocycles. The van der Waals surface area contributed by atoms with Crippen LogP contribution < -0.4 is 4.57 Å². The lowest BCUT2D eigenvalue weighted by Gasteiger charge is -2.42.